The average molecular weight is 741 g/mol. The molecule has 6 N–H and O–H groups in total. The van der Waals surface area contributed by atoms with Crippen LogP contribution in [0.3, 0.4) is 0 Å². The average Bonchev–Trinajstić information content (AvgIpc) is 4.00. The summed E-state index contributed by atoms with van der Waals surface area (Å²) in [4.78, 5) is 78.0. The van der Waals surface area contributed by atoms with E-state index in [4.69, 9.17) is 9.47 Å². The molecule has 4 amide bonds. The number of ether oxygens (including phenoxy) is 2. The van der Waals surface area contributed by atoms with E-state index in [1.165, 1.54) is 14.2 Å². The molecular weight excluding hydrogens is 692 g/mol. The van der Waals surface area contributed by atoms with Crippen LogP contribution in [-0.2, 0) is 19.1 Å². The monoisotopic (exact) mass is 740 g/mol. The van der Waals surface area contributed by atoms with Crippen molar-refractivity contribution in [1.82, 2.24) is 50.3 Å². The molecule has 7 rings (SSSR count). The highest BCUT2D eigenvalue weighted by Gasteiger charge is 2.39. The van der Waals surface area contributed by atoms with E-state index in [1.807, 2.05) is 27.7 Å². The lowest BCUT2D eigenvalue weighted by molar-refractivity contribution is -0.136. The molecular formula is C38H48N10O6. The Morgan fingerprint density at radius 2 is 1.06 bits per heavy atom. The molecule has 0 spiro atoms. The van der Waals surface area contributed by atoms with Gasteiger partial charge < -0.3 is 49.8 Å². The number of nitrogens with one attached hydrogen (secondary N) is 6. The fourth-order valence-electron chi connectivity index (χ4n) is 7.72. The molecule has 2 saturated heterocycles. The Balaban J connectivity index is 1.07. The maximum atomic E-state index is 13.6. The predicted octanol–water partition coefficient (Wildman–Crippen LogP) is 5.52. The van der Waals surface area contributed by atoms with Gasteiger partial charge in [0, 0.05) is 34.9 Å². The lowest BCUT2D eigenvalue weighted by Crippen LogP contribution is -2.51. The number of benzene rings is 1. The van der Waals surface area contributed by atoms with Crippen LogP contribution in [-0.4, -0.2) is 103 Å². The van der Waals surface area contributed by atoms with Crippen LogP contribution in [0.25, 0.3) is 44.6 Å². The van der Waals surface area contributed by atoms with E-state index < -0.39 is 24.3 Å². The van der Waals surface area contributed by atoms with Crippen LogP contribution in [0.15, 0.2) is 36.7 Å². The number of H-pyrrole nitrogens is 4. The van der Waals surface area contributed by atoms with Crippen molar-refractivity contribution in [1.29, 1.82) is 0 Å². The molecule has 2 fully saturated rings. The van der Waals surface area contributed by atoms with Crippen LogP contribution >= 0.6 is 0 Å². The molecule has 2 aliphatic rings. The van der Waals surface area contributed by atoms with Gasteiger partial charge in [0.15, 0.2) is 0 Å². The van der Waals surface area contributed by atoms with Gasteiger partial charge in [-0.3, -0.25) is 9.59 Å². The Kier molecular flexibility index (Phi) is 10.1. The Bertz CT molecular complexity index is 1980. The number of fused-ring (bicyclic) bond motifs is 2. The minimum Gasteiger partial charge on any atom is -0.453 e. The van der Waals surface area contributed by atoms with E-state index in [-0.39, 0.29) is 35.7 Å². The molecule has 0 saturated carbocycles. The molecule has 0 bridgehead atoms. The van der Waals surface area contributed by atoms with E-state index in [0.717, 1.165) is 70.3 Å². The number of methoxy groups -OCH3 is 2. The van der Waals surface area contributed by atoms with Gasteiger partial charge in [0.05, 0.1) is 61.5 Å². The van der Waals surface area contributed by atoms with E-state index in [1.54, 1.807) is 22.2 Å². The van der Waals surface area contributed by atoms with Gasteiger partial charge in [-0.2, -0.15) is 0 Å². The number of carbonyl (C=O) groups is 4. The van der Waals surface area contributed by atoms with Crippen LogP contribution in [0, 0.1) is 11.8 Å². The number of imidazole rings is 2. The van der Waals surface area contributed by atoms with Gasteiger partial charge in [-0.25, -0.2) is 19.6 Å². The molecule has 16 heteroatoms. The number of rotatable bonds is 10. The highest BCUT2D eigenvalue weighted by atomic mass is 16.5. The van der Waals surface area contributed by atoms with Crippen molar-refractivity contribution in [3.05, 3.63) is 48.3 Å². The first kappa shape index (κ1) is 36.6. The summed E-state index contributed by atoms with van der Waals surface area (Å²) in [6, 6.07) is 6.47. The van der Waals surface area contributed by atoms with Crippen LogP contribution in [0.1, 0.15) is 77.1 Å². The Hall–Kier alpha value is -5.80. The van der Waals surface area contributed by atoms with Gasteiger partial charge in [-0.1, -0.05) is 27.7 Å². The molecule has 4 atom stereocenters. The molecule has 6 heterocycles. The van der Waals surface area contributed by atoms with E-state index >= 15 is 0 Å². The summed E-state index contributed by atoms with van der Waals surface area (Å²) in [7, 11) is 2.57. The van der Waals surface area contributed by atoms with Gasteiger partial charge in [0.2, 0.25) is 11.8 Å². The number of likely N-dealkylation sites (tertiary alicyclic amines) is 2. The smallest absolute Gasteiger partial charge is 0.407 e. The SMILES string of the molecule is COC(=O)NC(C(=O)N1CCCC1c1ncc(-c2cc3cc4[nH]c(-c5cnc(C6CCCN6C(=O)C(NC(=O)OC)C(C)C)[nH]5)cc4cc3[nH]2)[nH]1)C(C)C. The fraction of sp³-hybridized carbons (Fsp3) is 0.474. The normalized spacial score (nSPS) is 18.5. The fourth-order valence-corrected chi connectivity index (χ4v) is 7.72. The van der Waals surface area contributed by atoms with Crippen molar-refractivity contribution in [3.63, 3.8) is 0 Å². The van der Waals surface area contributed by atoms with Gasteiger partial charge in [0.1, 0.15) is 23.7 Å². The molecule has 2 aliphatic heterocycles. The molecule has 54 heavy (non-hydrogen) atoms. The molecule has 16 nitrogen and oxygen atoms in total. The van der Waals surface area contributed by atoms with Gasteiger partial charge in [-0.15, -0.1) is 0 Å². The zero-order valence-corrected chi connectivity index (χ0v) is 31.4. The largest absolute Gasteiger partial charge is 0.453 e. The van der Waals surface area contributed by atoms with Gasteiger partial charge >= 0.3 is 12.2 Å². The number of amides is 4. The first-order valence-corrected chi connectivity index (χ1v) is 18.5. The molecule has 4 aromatic heterocycles. The Labute approximate surface area is 312 Å². The summed E-state index contributed by atoms with van der Waals surface area (Å²) in [6.07, 6.45) is 5.51. The maximum Gasteiger partial charge on any atom is 0.407 e. The third-order valence-corrected chi connectivity index (χ3v) is 10.6. The summed E-state index contributed by atoms with van der Waals surface area (Å²) >= 11 is 0. The summed E-state index contributed by atoms with van der Waals surface area (Å²) in [5, 5.41) is 7.41. The van der Waals surface area contributed by atoms with E-state index in [0.29, 0.717) is 24.7 Å². The number of hydrogen-bond acceptors (Lipinski definition) is 8. The summed E-state index contributed by atoms with van der Waals surface area (Å²) in [6.45, 7) is 8.75. The molecule has 0 radical (unpaired) electrons. The lowest BCUT2D eigenvalue weighted by atomic mass is 10.0. The second-order valence-electron chi connectivity index (χ2n) is 14.9. The number of nitrogens with zero attached hydrogens (tertiary/aromatic N) is 4. The van der Waals surface area contributed by atoms with Crippen molar-refractivity contribution < 1.29 is 28.7 Å². The Morgan fingerprint density at radius 3 is 1.43 bits per heavy atom. The van der Waals surface area contributed by atoms with Crippen LogP contribution in [0.2, 0.25) is 0 Å². The Morgan fingerprint density at radius 1 is 0.648 bits per heavy atom. The van der Waals surface area contributed by atoms with E-state index in [9.17, 15) is 19.2 Å². The second-order valence-corrected chi connectivity index (χ2v) is 14.9. The number of aromatic amines is 4. The molecule has 4 unspecified atom stereocenters. The minimum absolute atomic E-state index is 0.114. The molecule has 286 valence electrons. The highest BCUT2D eigenvalue weighted by Crippen LogP contribution is 2.36. The van der Waals surface area contributed by atoms with Crippen molar-refractivity contribution >= 4 is 45.8 Å². The molecule has 5 aromatic rings. The second kappa shape index (κ2) is 14.9. The number of hydrogen-bond donors (Lipinski definition) is 6. The van der Waals surface area contributed by atoms with Crippen molar-refractivity contribution in [3.8, 4) is 22.8 Å². The summed E-state index contributed by atoms with van der Waals surface area (Å²) in [5.41, 5.74) is 5.27. The third-order valence-electron chi connectivity index (χ3n) is 10.6. The van der Waals surface area contributed by atoms with Crippen molar-refractivity contribution in [2.45, 2.75) is 77.5 Å². The minimum atomic E-state index is -0.698. The quantitative estimate of drug-likeness (QED) is 0.107. The number of aromatic nitrogens is 6. The first-order chi connectivity index (χ1) is 25.9. The summed E-state index contributed by atoms with van der Waals surface area (Å²) in [5.74, 6) is 0.877. The molecule has 0 aliphatic carbocycles. The topological polar surface area (TPSA) is 206 Å². The van der Waals surface area contributed by atoms with Gasteiger partial charge in [-0.05, 0) is 61.8 Å². The first-order valence-electron chi connectivity index (χ1n) is 18.5. The highest BCUT2D eigenvalue weighted by molar-refractivity contribution is 5.99. The molecule has 1 aromatic carbocycles. The van der Waals surface area contributed by atoms with Crippen molar-refractivity contribution in [2.75, 3.05) is 27.3 Å². The predicted molar refractivity (Wildman–Crippen MR) is 201 cm³/mol. The number of carbonyl (C=O) groups excluding carboxylic acids is 4. The lowest BCUT2D eigenvalue weighted by Gasteiger charge is -2.30. The third kappa shape index (κ3) is 6.99. The van der Waals surface area contributed by atoms with Crippen LogP contribution in [0.4, 0.5) is 9.59 Å². The van der Waals surface area contributed by atoms with Crippen LogP contribution in [0.5, 0.6) is 0 Å². The van der Waals surface area contributed by atoms with Gasteiger partial charge in [0.25, 0.3) is 0 Å². The zero-order chi connectivity index (χ0) is 38.3. The zero-order valence-electron chi connectivity index (χ0n) is 31.4. The van der Waals surface area contributed by atoms with Crippen molar-refractivity contribution in [2.24, 2.45) is 11.8 Å². The number of alkyl carbamates (subject to hydrolysis) is 2. The maximum absolute atomic E-state index is 13.6. The van der Waals surface area contributed by atoms with E-state index in [2.05, 4.69) is 64.8 Å². The standard InChI is InChI=1S/C38H48N10O6/c1-19(2)31(45-37(51)53-5)35(49)47-11-7-9-29(47)33-39-17-27(43-33)25-15-21-13-24-22(14-23(21)41-25)16-26(42-24)28-18-40-34(44-28)30-10-8-12-48(30)36(50)32(20(3)4)46-38(52)54-6/h13-20,29-32,41-42H,7-12H2,1-6H3,(H,39,43)(H,40,44)(H,45,51)(H,46,52). The van der Waals surface area contributed by atoms with Crippen LogP contribution < -0.4 is 10.6 Å². The summed E-state index contributed by atoms with van der Waals surface area (Å²) < 4.78 is 9.51.